The van der Waals surface area contributed by atoms with E-state index in [1.807, 2.05) is 0 Å². The van der Waals surface area contributed by atoms with Crippen molar-refractivity contribution in [1.82, 2.24) is 0 Å². The molecule has 0 spiro atoms. The predicted octanol–water partition coefficient (Wildman–Crippen LogP) is 1.07. The van der Waals surface area contributed by atoms with E-state index in [2.05, 4.69) is 3.79 Å². The van der Waals surface area contributed by atoms with Gasteiger partial charge in [0.25, 0.3) is 0 Å². The molecule has 0 unspecified atom stereocenters. The molecule has 0 aromatic carbocycles. The fraction of sp³-hybridized carbons (Fsp3) is 0.857. The monoisotopic (exact) mass is 170 g/mol. The summed E-state index contributed by atoms with van der Waals surface area (Å²) in [4.78, 5) is 11.0. The minimum absolute atomic E-state index is 0.0326. The van der Waals surface area contributed by atoms with Crippen molar-refractivity contribution >= 4 is 21.5 Å². The summed E-state index contributed by atoms with van der Waals surface area (Å²) in [5.74, 6) is -0.222. The second-order valence-corrected chi connectivity index (χ2v) is 3.30. The number of rotatable bonds is 2. The van der Waals surface area contributed by atoms with Gasteiger partial charge in [0, 0.05) is 0 Å². The number of hydrogen-bond donors (Lipinski definition) is 0. The molecule has 0 aromatic heterocycles. The van der Waals surface area contributed by atoms with Crippen LogP contribution in [0.5, 0.6) is 0 Å². The zero-order chi connectivity index (χ0) is 8.10. The Kier molecular flexibility index (Phi) is 3.75. The van der Waals surface area contributed by atoms with E-state index in [9.17, 15) is 8.60 Å². The second kappa shape index (κ2) is 4.63. The molecular formula is C7H11AlO3. The van der Waals surface area contributed by atoms with Gasteiger partial charge in [-0.3, -0.25) is 0 Å². The van der Waals surface area contributed by atoms with E-state index in [1.165, 1.54) is 6.42 Å². The van der Waals surface area contributed by atoms with Crippen LogP contribution in [0.15, 0.2) is 0 Å². The molecular weight excluding hydrogens is 159 g/mol. The van der Waals surface area contributed by atoms with Crippen LogP contribution in [0.2, 0.25) is 0 Å². The number of carbonyl (C=O) groups is 1. The van der Waals surface area contributed by atoms with Crippen molar-refractivity contribution in [3.63, 3.8) is 0 Å². The maximum absolute atomic E-state index is 11.0. The van der Waals surface area contributed by atoms with Crippen molar-refractivity contribution in [2.75, 3.05) is 0 Å². The zero-order valence-electron chi connectivity index (χ0n) is 6.41. The van der Waals surface area contributed by atoms with Crippen LogP contribution in [0.4, 0.5) is 0 Å². The maximum atomic E-state index is 11.0. The van der Waals surface area contributed by atoms with E-state index in [1.54, 1.807) is 0 Å². The molecule has 0 atom stereocenters. The average molecular weight is 170 g/mol. The number of hydrogen-bond acceptors (Lipinski definition) is 3. The topological polar surface area (TPSA) is 43.4 Å². The Bertz CT molecular complexity index is 152. The Morgan fingerprint density at radius 2 is 1.91 bits per heavy atom. The van der Waals surface area contributed by atoms with Gasteiger partial charge < -0.3 is 0 Å². The van der Waals surface area contributed by atoms with Crippen LogP contribution >= 0.6 is 0 Å². The van der Waals surface area contributed by atoms with Gasteiger partial charge >= 0.3 is 71.9 Å². The van der Waals surface area contributed by atoms with Crippen molar-refractivity contribution in [3.8, 4) is 0 Å². The molecule has 0 amide bonds. The third kappa shape index (κ3) is 2.72. The molecule has 4 heteroatoms. The van der Waals surface area contributed by atoms with Gasteiger partial charge in [0.05, 0.1) is 0 Å². The fourth-order valence-corrected chi connectivity index (χ4v) is 1.77. The SMILES string of the molecule is [O]=[Al][O]C(=O)C1CCCCC1. The third-order valence-electron chi connectivity index (χ3n) is 2.10. The molecule has 1 aliphatic rings. The Balaban J connectivity index is 2.32. The van der Waals surface area contributed by atoms with E-state index in [0.717, 1.165) is 25.7 Å². The molecule has 60 valence electrons. The molecule has 3 nitrogen and oxygen atoms in total. The van der Waals surface area contributed by atoms with Gasteiger partial charge in [0.1, 0.15) is 0 Å². The zero-order valence-corrected chi connectivity index (χ0v) is 7.57. The molecule has 0 aliphatic heterocycles. The van der Waals surface area contributed by atoms with Crippen LogP contribution in [0.25, 0.3) is 0 Å². The molecule has 0 heterocycles. The Hall–Kier alpha value is -0.198. The van der Waals surface area contributed by atoms with E-state index in [4.69, 9.17) is 0 Å². The first-order chi connectivity index (χ1) is 5.34. The fourth-order valence-electron chi connectivity index (χ4n) is 1.48. The average Bonchev–Trinajstić information content (AvgIpc) is 2.07. The molecule has 0 saturated heterocycles. The van der Waals surface area contributed by atoms with Crippen LogP contribution in [-0.4, -0.2) is 21.5 Å². The first kappa shape index (κ1) is 8.90. The van der Waals surface area contributed by atoms with Crippen molar-refractivity contribution in [2.45, 2.75) is 32.1 Å². The Morgan fingerprint density at radius 3 is 2.45 bits per heavy atom. The van der Waals surface area contributed by atoms with E-state index >= 15 is 0 Å². The van der Waals surface area contributed by atoms with E-state index < -0.39 is 15.5 Å². The summed E-state index contributed by atoms with van der Waals surface area (Å²) in [5.41, 5.74) is 0. The predicted molar refractivity (Wildman–Crippen MR) is 39.1 cm³/mol. The van der Waals surface area contributed by atoms with Crippen LogP contribution in [0.3, 0.4) is 0 Å². The molecule has 0 aromatic rings. The normalized spacial score (nSPS) is 18.9. The van der Waals surface area contributed by atoms with Crippen molar-refractivity contribution in [3.05, 3.63) is 0 Å². The van der Waals surface area contributed by atoms with Crippen molar-refractivity contribution < 1.29 is 12.4 Å². The molecule has 0 bridgehead atoms. The van der Waals surface area contributed by atoms with Gasteiger partial charge in [-0.05, 0) is 0 Å². The van der Waals surface area contributed by atoms with Gasteiger partial charge in [-0.15, -0.1) is 0 Å². The molecule has 11 heavy (non-hydrogen) atoms. The summed E-state index contributed by atoms with van der Waals surface area (Å²) in [5, 5.41) is 0. The molecule has 1 rings (SSSR count). The standard InChI is InChI=1S/C7H12O2.Al.O/c8-7(9)6-4-2-1-3-5-6;;/h6H,1-5H2,(H,8,9);;/q;+1;/p-1. The Morgan fingerprint density at radius 1 is 1.27 bits per heavy atom. The van der Waals surface area contributed by atoms with Gasteiger partial charge in [-0.1, -0.05) is 0 Å². The van der Waals surface area contributed by atoms with Gasteiger partial charge in [-0.25, -0.2) is 0 Å². The first-order valence-corrected chi connectivity index (χ1v) is 4.93. The minimum atomic E-state index is -1.36. The number of carbonyl (C=O) groups excluding carboxylic acids is 1. The summed E-state index contributed by atoms with van der Waals surface area (Å²) >= 11 is -1.36. The van der Waals surface area contributed by atoms with Gasteiger partial charge in [0.15, 0.2) is 0 Å². The van der Waals surface area contributed by atoms with Gasteiger partial charge in [-0.2, -0.15) is 0 Å². The van der Waals surface area contributed by atoms with Crippen LogP contribution in [0.1, 0.15) is 32.1 Å². The summed E-state index contributed by atoms with van der Waals surface area (Å²) in [6, 6.07) is 0. The Labute approximate surface area is 72.4 Å². The second-order valence-electron chi connectivity index (χ2n) is 2.87. The summed E-state index contributed by atoms with van der Waals surface area (Å²) in [6.45, 7) is 0. The van der Waals surface area contributed by atoms with Crippen molar-refractivity contribution in [2.24, 2.45) is 5.92 Å². The third-order valence-corrected chi connectivity index (χ3v) is 2.43. The first-order valence-electron chi connectivity index (χ1n) is 3.98. The van der Waals surface area contributed by atoms with Crippen LogP contribution < -0.4 is 0 Å². The summed E-state index contributed by atoms with van der Waals surface area (Å²) < 4.78 is 14.5. The molecule has 0 N–H and O–H groups in total. The van der Waals surface area contributed by atoms with E-state index in [0.29, 0.717) is 0 Å². The van der Waals surface area contributed by atoms with Crippen LogP contribution in [0, 0.1) is 5.92 Å². The molecule has 1 fully saturated rings. The van der Waals surface area contributed by atoms with Gasteiger partial charge in [0.2, 0.25) is 0 Å². The quantitative estimate of drug-likeness (QED) is 0.582. The summed E-state index contributed by atoms with van der Waals surface area (Å²) in [7, 11) is 0. The molecule has 1 saturated carbocycles. The molecule has 0 radical (unpaired) electrons. The van der Waals surface area contributed by atoms with Crippen molar-refractivity contribution in [1.29, 1.82) is 0 Å². The molecule has 1 aliphatic carbocycles. The summed E-state index contributed by atoms with van der Waals surface area (Å²) in [6.07, 6.45) is 5.26. The van der Waals surface area contributed by atoms with Crippen LogP contribution in [-0.2, 0) is 12.4 Å². The van der Waals surface area contributed by atoms with E-state index in [-0.39, 0.29) is 11.9 Å².